The van der Waals surface area contributed by atoms with Gasteiger partial charge in [0.1, 0.15) is 6.04 Å². The van der Waals surface area contributed by atoms with E-state index < -0.39 is 24.0 Å². The number of carboxylic acids is 1. The summed E-state index contributed by atoms with van der Waals surface area (Å²) in [5.41, 5.74) is 1.32. The number of thioether (sulfide) groups is 1. The van der Waals surface area contributed by atoms with Gasteiger partial charge >= 0.3 is 5.97 Å². The van der Waals surface area contributed by atoms with Crippen molar-refractivity contribution in [3.05, 3.63) is 41.4 Å². The van der Waals surface area contributed by atoms with E-state index in [1.54, 1.807) is 24.5 Å². The van der Waals surface area contributed by atoms with E-state index in [2.05, 4.69) is 4.98 Å². The average Bonchev–Trinajstić information content (AvgIpc) is 2.81. The van der Waals surface area contributed by atoms with Gasteiger partial charge in [0.15, 0.2) is 5.76 Å². The van der Waals surface area contributed by atoms with Crippen LogP contribution in [0.2, 0.25) is 0 Å². The number of hydrogen-bond donors (Lipinski definition) is 2. The number of aromatic nitrogens is 1. The summed E-state index contributed by atoms with van der Waals surface area (Å²) in [6.45, 7) is 1.97. The van der Waals surface area contributed by atoms with Gasteiger partial charge in [0, 0.05) is 23.7 Å². The average molecular weight is 350 g/mol. The number of aliphatic hydroxyl groups excluding tert-OH is 1. The number of carbonyl (C=O) groups excluding carboxylic acids is 1. The van der Waals surface area contributed by atoms with E-state index in [1.165, 1.54) is 16.7 Å². The van der Waals surface area contributed by atoms with Crippen LogP contribution >= 0.6 is 11.8 Å². The minimum Gasteiger partial charge on any atom is -0.503 e. The van der Waals surface area contributed by atoms with Crippen LogP contribution in [0.15, 0.2) is 35.9 Å². The highest BCUT2D eigenvalue weighted by Crippen LogP contribution is 2.40. The first-order chi connectivity index (χ1) is 11.5. The molecule has 0 bridgehead atoms. The Labute approximate surface area is 145 Å². The zero-order chi connectivity index (χ0) is 17.7. The first-order valence-corrected chi connectivity index (χ1v) is 9.28. The van der Waals surface area contributed by atoms with Crippen LogP contribution in [0.25, 0.3) is 0 Å². The van der Waals surface area contributed by atoms with E-state index in [-0.39, 0.29) is 5.76 Å². The van der Waals surface area contributed by atoms with Crippen molar-refractivity contribution in [2.45, 2.75) is 38.3 Å². The molecule has 0 aromatic carbocycles. The van der Waals surface area contributed by atoms with Crippen molar-refractivity contribution >= 4 is 23.6 Å². The number of amides is 1. The smallest absolute Gasteiger partial charge is 0.326 e. The number of hydrogen-bond acceptors (Lipinski definition) is 5. The number of aliphatic carboxylic acids is 1. The minimum atomic E-state index is -1.05. The summed E-state index contributed by atoms with van der Waals surface area (Å²) in [5.74, 6) is -1.52. The van der Waals surface area contributed by atoms with E-state index in [1.807, 2.05) is 13.2 Å². The first-order valence-electron chi connectivity index (χ1n) is 7.89. The van der Waals surface area contributed by atoms with Crippen molar-refractivity contribution in [3.8, 4) is 0 Å². The van der Waals surface area contributed by atoms with E-state index in [9.17, 15) is 19.8 Å². The van der Waals surface area contributed by atoms with Crippen LogP contribution in [0, 0.1) is 0 Å². The summed E-state index contributed by atoms with van der Waals surface area (Å²) in [6.07, 6.45) is 6.98. The second kappa shape index (κ2) is 8.19. The van der Waals surface area contributed by atoms with Crippen molar-refractivity contribution in [1.29, 1.82) is 0 Å². The van der Waals surface area contributed by atoms with Gasteiger partial charge in [-0.05, 0) is 30.4 Å². The lowest BCUT2D eigenvalue weighted by Crippen LogP contribution is -2.44. The van der Waals surface area contributed by atoms with Crippen LogP contribution in [0.5, 0.6) is 0 Å². The normalized spacial score (nSPS) is 19.0. The molecule has 0 spiro atoms. The molecule has 130 valence electrons. The monoisotopic (exact) mass is 350 g/mol. The molecule has 2 rings (SSSR count). The molecule has 2 atom stereocenters. The number of pyridine rings is 1. The Balaban J connectivity index is 2.48. The van der Waals surface area contributed by atoms with Gasteiger partial charge in [-0.1, -0.05) is 19.8 Å². The molecule has 2 heterocycles. The fraction of sp³-hybridized carbons (Fsp3) is 0.471. The van der Waals surface area contributed by atoms with Crippen molar-refractivity contribution in [2.75, 3.05) is 12.0 Å². The van der Waals surface area contributed by atoms with E-state index in [0.717, 1.165) is 12.0 Å². The number of carboxylic acid groups (broad SMARTS) is 1. The lowest BCUT2D eigenvalue weighted by atomic mass is 9.99. The van der Waals surface area contributed by atoms with Gasteiger partial charge in [0.25, 0.3) is 5.91 Å². The third kappa shape index (κ3) is 3.56. The van der Waals surface area contributed by atoms with Crippen LogP contribution < -0.4 is 0 Å². The van der Waals surface area contributed by atoms with Crippen LogP contribution in [-0.2, 0) is 9.59 Å². The Morgan fingerprint density at radius 2 is 2.08 bits per heavy atom. The van der Waals surface area contributed by atoms with Gasteiger partial charge < -0.3 is 15.1 Å². The molecule has 6 nitrogen and oxygen atoms in total. The molecule has 1 aromatic rings. The maximum atomic E-state index is 12.6. The second-order valence-electron chi connectivity index (χ2n) is 5.70. The molecule has 1 aliphatic rings. The Hall–Kier alpha value is -2.02. The van der Waals surface area contributed by atoms with E-state index in [4.69, 9.17) is 0 Å². The maximum absolute atomic E-state index is 12.6. The molecular weight excluding hydrogens is 328 g/mol. The second-order valence-corrected chi connectivity index (χ2v) is 6.56. The van der Waals surface area contributed by atoms with Crippen molar-refractivity contribution in [3.63, 3.8) is 0 Å². The number of nitrogens with zero attached hydrogens (tertiary/aromatic N) is 2. The lowest BCUT2D eigenvalue weighted by molar-refractivity contribution is -0.150. The lowest BCUT2D eigenvalue weighted by Gasteiger charge is -2.32. The van der Waals surface area contributed by atoms with E-state index >= 15 is 0 Å². The third-order valence-corrected chi connectivity index (χ3v) is 4.72. The maximum Gasteiger partial charge on any atom is 0.326 e. The Morgan fingerprint density at radius 3 is 2.62 bits per heavy atom. The third-order valence-electron chi connectivity index (χ3n) is 4.12. The molecule has 0 aliphatic carbocycles. The highest BCUT2D eigenvalue weighted by atomic mass is 32.2. The molecule has 2 N–H and O–H groups in total. The fourth-order valence-electron chi connectivity index (χ4n) is 2.99. The van der Waals surface area contributed by atoms with Crippen LogP contribution in [0.4, 0.5) is 0 Å². The van der Waals surface area contributed by atoms with Crippen LogP contribution in [0.1, 0.15) is 37.8 Å². The Bertz CT molecular complexity index is 633. The predicted molar refractivity (Wildman–Crippen MR) is 92.8 cm³/mol. The SMILES string of the molecule is CCCCC(C(=O)O)N1C(=O)C(O)=C(CSC)C1c1ccncc1. The summed E-state index contributed by atoms with van der Waals surface area (Å²) < 4.78 is 0. The standard InChI is InChI=1S/C17H22N2O4S/c1-3-4-5-13(17(22)23)19-14(11-6-8-18-9-7-11)12(10-24-2)15(20)16(19)21/h6-9,13-14,20H,3-5,10H2,1-2H3,(H,22,23). The molecule has 2 unspecified atom stereocenters. The van der Waals surface area contributed by atoms with Gasteiger partial charge in [-0.15, -0.1) is 0 Å². The molecule has 0 saturated carbocycles. The van der Waals surface area contributed by atoms with E-state index in [0.29, 0.717) is 24.2 Å². The Kier molecular flexibility index (Phi) is 6.25. The molecular formula is C17H22N2O4S. The highest BCUT2D eigenvalue weighted by molar-refractivity contribution is 7.98. The van der Waals surface area contributed by atoms with Crippen molar-refractivity contribution in [2.24, 2.45) is 0 Å². The number of aliphatic hydroxyl groups is 1. The fourth-order valence-corrected chi connectivity index (χ4v) is 3.59. The van der Waals surface area contributed by atoms with Gasteiger partial charge in [-0.3, -0.25) is 9.78 Å². The minimum absolute atomic E-state index is 0.325. The summed E-state index contributed by atoms with van der Waals surface area (Å²) >= 11 is 1.48. The molecule has 1 aromatic heterocycles. The molecule has 24 heavy (non-hydrogen) atoms. The molecule has 7 heteroatoms. The number of rotatable bonds is 8. The molecule has 1 amide bonds. The molecule has 0 fully saturated rings. The van der Waals surface area contributed by atoms with Crippen molar-refractivity contribution < 1.29 is 19.8 Å². The van der Waals surface area contributed by atoms with Gasteiger partial charge in [-0.2, -0.15) is 11.8 Å². The van der Waals surface area contributed by atoms with Crippen LogP contribution in [-0.4, -0.2) is 50.0 Å². The molecule has 0 saturated heterocycles. The van der Waals surface area contributed by atoms with Gasteiger partial charge in [0.05, 0.1) is 6.04 Å². The summed E-state index contributed by atoms with van der Waals surface area (Å²) in [5, 5.41) is 19.9. The molecule has 1 aliphatic heterocycles. The topological polar surface area (TPSA) is 90.7 Å². The number of unbranched alkanes of at least 4 members (excludes halogenated alkanes) is 1. The van der Waals surface area contributed by atoms with Gasteiger partial charge in [0.2, 0.25) is 0 Å². The largest absolute Gasteiger partial charge is 0.503 e. The Morgan fingerprint density at radius 1 is 1.42 bits per heavy atom. The van der Waals surface area contributed by atoms with Gasteiger partial charge in [-0.25, -0.2) is 4.79 Å². The summed E-state index contributed by atoms with van der Waals surface area (Å²) in [6, 6.07) is 1.98. The quantitative estimate of drug-likeness (QED) is 0.749. The first kappa shape index (κ1) is 18.3. The highest BCUT2D eigenvalue weighted by Gasteiger charge is 2.45. The molecule has 0 radical (unpaired) electrons. The number of carbonyl (C=O) groups is 2. The van der Waals surface area contributed by atoms with Crippen molar-refractivity contribution in [1.82, 2.24) is 9.88 Å². The van der Waals surface area contributed by atoms with Crippen LogP contribution in [0.3, 0.4) is 0 Å². The summed E-state index contributed by atoms with van der Waals surface area (Å²) in [7, 11) is 0. The summed E-state index contributed by atoms with van der Waals surface area (Å²) in [4.78, 5) is 29.7. The predicted octanol–water partition coefficient (Wildman–Crippen LogP) is 2.78. The zero-order valence-electron chi connectivity index (χ0n) is 13.8. The zero-order valence-corrected chi connectivity index (χ0v) is 14.6.